The van der Waals surface area contributed by atoms with Gasteiger partial charge in [0.05, 0.1) is 12.0 Å². The van der Waals surface area contributed by atoms with Crippen LogP contribution in [0.25, 0.3) is 0 Å². The zero-order valence-corrected chi connectivity index (χ0v) is 11.8. The van der Waals surface area contributed by atoms with Crippen molar-refractivity contribution in [3.63, 3.8) is 0 Å². The first kappa shape index (κ1) is 16.3. The molecule has 1 atom stereocenters. The summed E-state index contributed by atoms with van der Waals surface area (Å²) in [6.45, 7) is 0. The number of nitrogens with two attached hydrogens (primary N) is 1. The molecule has 1 aliphatic rings. The molecule has 1 aromatic carbocycles. The molecule has 1 saturated carbocycles. The van der Waals surface area contributed by atoms with Gasteiger partial charge in [0.15, 0.2) is 0 Å². The average Bonchev–Trinajstić information content (AvgIpc) is 3.21. The fourth-order valence-corrected chi connectivity index (χ4v) is 2.22. The van der Waals surface area contributed by atoms with Crippen molar-refractivity contribution in [2.45, 2.75) is 37.9 Å². The van der Waals surface area contributed by atoms with Crippen molar-refractivity contribution < 1.29 is 22.8 Å². The zero-order valence-electron chi connectivity index (χ0n) is 11.8. The minimum absolute atomic E-state index is 0.224. The maximum absolute atomic E-state index is 12.6. The second-order valence-electron chi connectivity index (χ2n) is 5.58. The Hall–Kier alpha value is -2.05. The Bertz CT molecular complexity index is 568. The highest BCUT2D eigenvalue weighted by molar-refractivity contribution is 5.87. The lowest BCUT2D eigenvalue weighted by atomic mass is 10.1. The monoisotopic (exact) mass is 314 g/mol. The maximum atomic E-state index is 12.6. The van der Waals surface area contributed by atoms with Crippen LogP contribution in [0, 0.1) is 5.92 Å². The van der Waals surface area contributed by atoms with Gasteiger partial charge in [0.1, 0.15) is 6.04 Å². The largest absolute Gasteiger partial charge is 0.416 e. The highest BCUT2D eigenvalue weighted by Gasteiger charge is 2.31. The van der Waals surface area contributed by atoms with E-state index in [1.165, 1.54) is 12.1 Å². The van der Waals surface area contributed by atoms with E-state index in [1.807, 2.05) is 0 Å². The second kappa shape index (κ2) is 6.37. The summed E-state index contributed by atoms with van der Waals surface area (Å²) in [6.07, 6.45) is -2.17. The SMILES string of the molecule is NC(=O)[C@@H](CC1CC1)NC(=O)Cc1cccc(C(F)(F)F)c1. The molecule has 0 saturated heterocycles. The fourth-order valence-electron chi connectivity index (χ4n) is 2.22. The third-order valence-electron chi connectivity index (χ3n) is 3.56. The van der Waals surface area contributed by atoms with Crippen molar-refractivity contribution >= 4 is 11.8 Å². The molecule has 0 heterocycles. The van der Waals surface area contributed by atoms with Gasteiger partial charge in [0.25, 0.3) is 0 Å². The maximum Gasteiger partial charge on any atom is 0.416 e. The molecule has 0 spiro atoms. The van der Waals surface area contributed by atoms with Gasteiger partial charge in [0, 0.05) is 0 Å². The lowest BCUT2D eigenvalue weighted by Gasteiger charge is -2.15. The number of primary amides is 1. The quantitative estimate of drug-likeness (QED) is 0.843. The molecule has 4 nitrogen and oxygen atoms in total. The average molecular weight is 314 g/mol. The van der Waals surface area contributed by atoms with Gasteiger partial charge in [0.2, 0.25) is 11.8 Å². The van der Waals surface area contributed by atoms with Gasteiger partial charge in [-0.2, -0.15) is 13.2 Å². The van der Waals surface area contributed by atoms with Crippen molar-refractivity contribution in [3.05, 3.63) is 35.4 Å². The molecule has 22 heavy (non-hydrogen) atoms. The Morgan fingerprint density at radius 1 is 1.32 bits per heavy atom. The molecule has 0 aromatic heterocycles. The van der Waals surface area contributed by atoms with E-state index in [4.69, 9.17) is 5.73 Å². The van der Waals surface area contributed by atoms with E-state index in [2.05, 4.69) is 5.32 Å². The molecule has 1 fully saturated rings. The van der Waals surface area contributed by atoms with Crippen molar-refractivity contribution in [2.24, 2.45) is 11.7 Å². The summed E-state index contributed by atoms with van der Waals surface area (Å²) in [5.74, 6) is -0.737. The molecule has 7 heteroatoms. The molecule has 0 bridgehead atoms. The Labute approximate surface area is 125 Å². The van der Waals surface area contributed by atoms with Gasteiger partial charge in [-0.1, -0.05) is 31.0 Å². The van der Waals surface area contributed by atoms with Crippen LogP contribution in [0.3, 0.4) is 0 Å². The highest BCUT2D eigenvalue weighted by Crippen LogP contribution is 2.33. The van der Waals surface area contributed by atoms with Gasteiger partial charge in [-0.15, -0.1) is 0 Å². The molecule has 2 rings (SSSR count). The molecular formula is C15H17F3N2O2. The van der Waals surface area contributed by atoms with Crippen LogP contribution in [0.15, 0.2) is 24.3 Å². The van der Waals surface area contributed by atoms with Crippen LogP contribution in [0.5, 0.6) is 0 Å². The number of alkyl halides is 3. The fraction of sp³-hybridized carbons (Fsp3) is 0.467. The van der Waals surface area contributed by atoms with Gasteiger partial charge in [-0.3, -0.25) is 9.59 Å². The molecule has 0 unspecified atom stereocenters. The minimum Gasteiger partial charge on any atom is -0.368 e. The first-order valence-corrected chi connectivity index (χ1v) is 7.00. The first-order chi connectivity index (χ1) is 10.3. The van der Waals surface area contributed by atoms with Crippen LogP contribution in [0.2, 0.25) is 0 Å². The van der Waals surface area contributed by atoms with E-state index >= 15 is 0 Å². The Morgan fingerprint density at radius 3 is 2.55 bits per heavy atom. The van der Waals surface area contributed by atoms with E-state index in [-0.39, 0.29) is 12.0 Å². The van der Waals surface area contributed by atoms with Crippen molar-refractivity contribution in [2.75, 3.05) is 0 Å². The Kier molecular flexibility index (Phi) is 4.73. The number of amides is 2. The Balaban J connectivity index is 1.97. The number of hydrogen-bond donors (Lipinski definition) is 2. The predicted molar refractivity (Wildman–Crippen MR) is 73.6 cm³/mol. The van der Waals surface area contributed by atoms with E-state index in [0.29, 0.717) is 12.3 Å². The molecule has 0 aliphatic heterocycles. The van der Waals surface area contributed by atoms with Crippen molar-refractivity contribution in [1.82, 2.24) is 5.32 Å². The number of halogens is 3. The van der Waals surface area contributed by atoms with Crippen LogP contribution >= 0.6 is 0 Å². The first-order valence-electron chi connectivity index (χ1n) is 7.00. The molecule has 3 N–H and O–H groups in total. The second-order valence-corrected chi connectivity index (χ2v) is 5.58. The van der Waals surface area contributed by atoms with Crippen LogP contribution in [0.4, 0.5) is 13.2 Å². The normalized spacial score (nSPS) is 16.1. The number of carbonyl (C=O) groups is 2. The summed E-state index contributed by atoms with van der Waals surface area (Å²) < 4.78 is 37.8. The number of benzene rings is 1. The summed E-state index contributed by atoms with van der Waals surface area (Å²) in [7, 11) is 0. The highest BCUT2D eigenvalue weighted by atomic mass is 19.4. The van der Waals surface area contributed by atoms with Gasteiger partial charge in [-0.05, 0) is 24.0 Å². The summed E-state index contributed by atoms with van der Waals surface area (Å²) in [5, 5.41) is 2.50. The zero-order chi connectivity index (χ0) is 16.3. The van der Waals surface area contributed by atoms with E-state index in [0.717, 1.165) is 25.0 Å². The lowest BCUT2D eigenvalue weighted by molar-refractivity contribution is -0.137. The molecule has 120 valence electrons. The van der Waals surface area contributed by atoms with E-state index < -0.39 is 29.6 Å². The third kappa shape index (κ3) is 4.75. The number of carbonyl (C=O) groups excluding carboxylic acids is 2. The Morgan fingerprint density at radius 2 is 2.00 bits per heavy atom. The molecular weight excluding hydrogens is 297 g/mol. The van der Waals surface area contributed by atoms with Gasteiger partial charge < -0.3 is 11.1 Å². The molecule has 0 radical (unpaired) electrons. The number of nitrogens with one attached hydrogen (secondary N) is 1. The molecule has 2 amide bonds. The lowest BCUT2D eigenvalue weighted by Crippen LogP contribution is -2.45. The number of hydrogen-bond acceptors (Lipinski definition) is 2. The van der Waals surface area contributed by atoms with E-state index in [9.17, 15) is 22.8 Å². The van der Waals surface area contributed by atoms with Gasteiger partial charge in [-0.25, -0.2) is 0 Å². The minimum atomic E-state index is -4.45. The number of rotatable bonds is 6. The van der Waals surface area contributed by atoms with Crippen LogP contribution in [0.1, 0.15) is 30.4 Å². The van der Waals surface area contributed by atoms with Crippen molar-refractivity contribution in [1.29, 1.82) is 0 Å². The topological polar surface area (TPSA) is 72.2 Å². The molecule has 1 aromatic rings. The summed E-state index contributed by atoms with van der Waals surface area (Å²) >= 11 is 0. The van der Waals surface area contributed by atoms with Gasteiger partial charge >= 0.3 is 6.18 Å². The third-order valence-corrected chi connectivity index (χ3v) is 3.56. The van der Waals surface area contributed by atoms with Crippen molar-refractivity contribution in [3.8, 4) is 0 Å². The van der Waals surface area contributed by atoms with Crippen LogP contribution in [-0.2, 0) is 22.2 Å². The summed E-state index contributed by atoms with van der Waals surface area (Å²) in [5.41, 5.74) is 4.67. The van der Waals surface area contributed by atoms with Crippen LogP contribution in [-0.4, -0.2) is 17.9 Å². The predicted octanol–water partition coefficient (Wildman–Crippen LogP) is 2.02. The van der Waals surface area contributed by atoms with Crippen LogP contribution < -0.4 is 11.1 Å². The summed E-state index contributed by atoms with van der Waals surface area (Å²) in [6, 6.07) is 3.81. The molecule has 1 aliphatic carbocycles. The van der Waals surface area contributed by atoms with E-state index in [1.54, 1.807) is 0 Å². The summed E-state index contributed by atoms with van der Waals surface area (Å²) in [4.78, 5) is 23.2. The standard InChI is InChI=1S/C15H17F3N2O2/c16-15(17,18)11-3-1-2-10(6-11)8-13(21)20-12(14(19)22)7-9-4-5-9/h1-3,6,9,12H,4-5,7-8H2,(H2,19,22)(H,20,21)/t12-/m1/s1. The smallest absolute Gasteiger partial charge is 0.368 e.